The number of nitrogens with one attached hydrogen (secondary N) is 1. The molecule has 4 atom stereocenters. The average Bonchev–Trinajstić information content (AvgIpc) is 3.43. The van der Waals surface area contributed by atoms with Crippen molar-refractivity contribution in [1.29, 1.82) is 0 Å². The Morgan fingerprint density at radius 3 is 2.63 bits per heavy atom. The van der Waals surface area contributed by atoms with Crippen LogP contribution in [0.5, 0.6) is 0 Å². The number of nitrogen functional groups attached to an aromatic ring is 1. The molecule has 2 aliphatic rings. The molecule has 38 heavy (non-hydrogen) atoms. The van der Waals surface area contributed by atoms with Gasteiger partial charge in [0, 0.05) is 23.7 Å². The maximum atomic E-state index is 13.1. The van der Waals surface area contributed by atoms with Gasteiger partial charge in [0.1, 0.15) is 17.7 Å². The average molecular weight is 540 g/mol. The minimum atomic E-state index is -1.45. The van der Waals surface area contributed by atoms with Crippen molar-refractivity contribution in [2.24, 2.45) is 0 Å². The summed E-state index contributed by atoms with van der Waals surface area (Å²) in [5, 5.41) is 23.8. The number of hydrogen-bond acceptors (Lipinski definition) is 9. The SMILES string of the molecule is CNC(=O)[C@H]1O[C@@H](n2cnc3c(N)nc(C#CCN(C(=O)c4ccc(Cl)cc4)C4CCC4)nc32)C(O)[C@@H]1O. The fraction of sp³-hybridized carbons (Fsp3) is 0.400. The Labute approximate surface area is 222 Å². The van der Waals surface area contributed by atoms with Gasteiger partial charge in [-0.05, 0) is 49.4 Å². The molecule has 1 unspecified atom stereocenters. The van der Waals surface area contributed by atoms with Crippen LogP contribution in [-0.2, 0) is 9.53 Å². The van der Waals surface area contributed by atoms with E-state index in [1.165, 1.54) is 17.9 Å². The van der Waals surface area contributed by atoms with Gasteiger partial charge < -0.3 is 30.9 Å². The standard InChI is InChI=1S/C25H26ClN7O5/c1-28-23(36)20-18(34)19(35)25(38-20)33-12-29-17-21(27)30-16(31-22(17)33)6-3-11-32(15-4-2-5-15)24(37)13-7-9-14(26)10-8-13/h7-10,12,15,18-20,25,34-35H,2,4-5,11H2,1H3,(H,28,36)(H2,27,30,31)/t18-,19?,20-,25+/m0/s1. The quantitative estimate of drug-likeness (QED) is 0.337. The molecule has 0 radical (unpaired) electrons. The molecule has 198 valence electrons. The number of rotatable bonds is 5. The van der Waals surface area contributed by atoms with E-state index in [0.29, 0.717) is 10.6 Å². The Balaban J connectivity index is 1.40. The van der Waals surface area contributed by atoms with Crippen LogP contribution in [0.4, 0.5) is 5.82 Å². The number of carbonyl (C=O) groups excluding carboxylic acids is 2. The number of nitrogens with two attached hydrogens (primary N) is 1. The maximum absolute atomic E-state index is 13.1. The van der Waals surface area contributed by atoms with Crippen LogP contribution >= 0.6 is 11.6 Å². The van der Waals surface area contributed by atoms with Gasteiger partial charge in [0.05, 0.1) is 12.9 Å². The molecule has 1 saturated carbocycles. The summed E-state index contributed by atoms with van der Waals surface area (Å²) >= 11 is 5.96. The molecule has 1 aromatic carbocycles. The van der Waals surface area contributed by atoms with E-state index in [4.69, 9.17) is 22.1 Å². The van der Waals surface area contributed by atoms with E-state index in [1.54, 1.807) is 29.2 Å². The van der Waals surface area contributed by atoms with Crippen molar-refractivity contribution in [3.8, 4) is 11.8 Å². The fourth-order valence-corrected chi connectivity index (χ4v) is 4.58. The summed E-state index contributed by atoms with van der Waals surface area (Å²) in [5.74, 6) is 5.27. The maximum Gasteiger partial charge on any atom is 0.254 e. The lowest BCUT2D eigenvalue weighted by molar-refractivity contribution is -0.137. The van der Waals surface area contributed by atoms with Gasteiger partial charge in [-0.3, -0.25) is 14.2 Å². The molecule has 0 spiro atoms. The smallest absolute Gasteiger partial charge is 0.254 e. The predicted molar refractivity (Wildman–Crippen MR) is 137 cm³/mol. The van der Waals surface area contributed by atoms with Gasteiger partial charge >= 0.3 is 0 Å². The van der Waals surface area contributed by atoms with Crippen LogP contribution in [0.3, 0.4) is 0 Å². The van der Waals surface area contributed by atoms with E-state index >= 15 is 0 Å². The van der Waals surface area contributed by atoms with Crippen molar-refractivity contribution in [1.82, 2.24) is 29.7 Å². The van der Waals surface area contributed by atoms with Gasteiger partial charge in [0.2, 0.25) is 5.82 Å². The molecule has 1 saturated heterocycles. The molecular formula is C25H26ClN7O5. The van der Waals surface area contributed by atoms with E-state index in [2.05, 4.69) is 32.1 Å². The van der Waals surface area contributed by atoms with Crippen LogP contribution in [0.25, 0.3) is 11.2 Å². The second-order valence-corrected chi connectivity index (χ2v) is 9.56. The molecular weight excluding hydrogens is 514 g/mol. The fourth-order valence-electron chi connectivity index (χ4n) is 4.46. The summed E-state index contributed by atoms with van der Waals surface area (Å²) in [4.78, 5) is 39.7. The first-order valence-corrected chi connectivity index (χ1v) is 12.4. The van der Waals surface area contributed by atoms with Gasteiger partial charge in [-0.1, -0.05) is 17.5 Å². The predicted octanol–water partition coefficient (Wildman–Crippen LogP) is 0.473. The van der Waals surface area contributed by atoms with Crippen LogP contribution in [-0.4, -0.2) is 84.4 Å². The van der Waals surface area contributed by atoms with Crippen LogP contribution < -0.4 is 11.1 Å². The zero-order chi connectivity index (χ0) is 27.0. The Hall–Kier alpha value is -3.76. The second kappa shape index (κ2) is 10.5. The van der Waals surface area contributed by atoms with E-state index in [9.17, 15) is 19.8 Å². The zero-order valence-corrected chi connectivity index (χ0v) is 21.2. The Morgan fingerprint density at radius 1 is 1.24 bits per heavy atom. The summed E-state index contributed by atoms with van der Waals surface area (Å²) in [6.45, 7) is 0.164. The highest BCUT2D eigenvalue weighted by molar-refractivity contribution is 6.30. The number of halogens is 1. The summed E-state index contributed by atoms with van der Waals surface area (Å²) in [6, 6.07) is 6.83. The molecule has 0 bridgehead atoms. The topological polar surface area (TPSA) is 169 Å². The van der Waals surface area contributed by atoms with Crippen LogP contribution in [0.1, 0.15) is 41.7 Å². The summed E-state index contributed by atoms with van der Waals surface area (Å²) in [6.07, 6.45) is -1.09. The van der Waals surface area contributed by atoms with Gasteiger partial charge in [-0.2, -0.15) is 0 Å². The summed E-state index contributed by atoms with van der Waals surface area (Å²) in [5.41, 5.74) is 7.08. The van der Waals surface area contributed by atoms with Gasteiger partial charge in [-0.15, -0.1) is 0 Å². The van der Waals surface area contributed by atoms with Crippen molar-refractivity contribution >= 4 is 40.4 Å². The van der Waals surface area contributed by atoms with Crippen molar-refractivity contribution in [3.05, 3.63) is 47.0 Å². The number of likely N-dealkylation sites (N-methyl/N-ethyl adjacent to an activating group) is 1. The number of hydrogen-bond donors (Lipinski definition) is 4. The van der Waals surface area contributed by atoms with Crippen LogP contribution in [0, 0.1) is 11.8 Å². The third-order valence-electron chi connectivity index (χ3n) is 6.78. The number of amides is 2. The number of aromatic nitrogens is 4. The molecule has 3 heterocycles. The van der Waals surface area contributed by atoms with E-state index < -0.39 is 30.4 Å². The normalized spacial score (nSPS) is 22.9. The number of aliphatic hydroxyl groups excluding tert-OH is 2. The Bertz CT molecular complexity index is 1430. The van der Waals surface area contributed by atoms with Crippen molar-refractivity contribution in [3.63, 3.8) is 0 Å². The third-order valence-corrected chi connectivity index (χ3v) is 7.03. The minimum absolute atomic E-state index is 0.0574. The lowest BCUT2D eigenvalue weighted by Gasteiger charge is -2.36. The van der Waals surface area contributed by atoms with Gasteiger partial charge in [0.25, 0.3) is 11.8 Å². The summed E-state index contributed by atoms with van der Waals surface area (Å²) in [7, 11) is 1.40. The van der Waals surface area contributed by atoms with Crippen molar-refractivity contribution in [2.45, 2.75) is 49.8 Å². The van der Waals surface area contributed by atoms with Gasteiger partial charge in [0.15, 0.2) is 23.8 Å². The molecule has 3 aromatic rings. The zero-order valence-electron chi connectivity index (χ0n) is 20.4. The number of nitrogens with zero attached hydrogens (tertiary/aromatic N) is 5. The number of benzene rings is 1. The first-order valence-electron chi connectivity index (χ1n) is 12.1. The lowest BCUT2D eigenvalue weighted by Crippen LogP contribution is -2.44. The lowest BCUT2D eigenvalue weighted by atomic mass is 9.91. The highest BCUT2D eigenvalue weighted by atomic mass is 35.5. The van der Waals surface area contributed by atoms with Crippen molar-refractivity contribution < 1.29 is 24.5 Å². The molecule has 2 fully saturated rings. The molecule has 1 aliphatic heterocycles. The molecule has 12 nitrogen and oxygen atoms in total. The highest BCUT2D eigenvalue weighted by Crippen LogP contribution is 2.32. The van der Waals surface area contributed by atoms with E-state index in [1.807, 2.05) is 0 Å². The number of fused-ring (bicyclic) bond motifs is 1. The minimum Gasteiger partial charge on any atom is -0.387 e. The monoisotopic (exact) mass is 539 g/mol. The molecule has 13 heteroatoms. The molecule has 1 aliphatic carbocycles. The number of aliphatic hydroxyl groups is 2. The van der Waals surface area contributed by atoms with Crippen LogP contribution in [0.15, 0.2) is 30.6 Å². The molecule has 5 rings (SSSR count). The highest BCUT2D eigenvalue weighted by Gasteiger charge is 2.47. The second-order valence-electron chi connectivity index (χ2n) is 9.13. The first-order chi connectivity index (χ1) is 18.3. The first kappa shape index (κ1) is 25.9. The Kier molecular flexibility index (Phi) is 7.18. The Morgan fingerprint density at radius 2 is 1.97 bits per heavy atom. The molecule has 2 aromatic heterocycles. The summed E-state index contributed by atoms with van der Waals surface area (Å²) < 4.78 is 7.00. The van der Waals surface area contributed by atoms with Gasteiger partial charge in [-0.25, -0.2) is 15.0 Å². The number of carbonyl (C=O) groups is 2. The number of anilines is 1. The van der Waals surface area contributed by atoms with E-state index in [0.717, 1.165) is 19.3 Å². The third kappa shape index (κ3) is 4.77. The molecule has 2 amide bonds. The van der Waals surface area contributed by atoms with Crippen molar-refractivity contribution in [2.75, 3.05) is 19.3 Å². The van der Waals surface area contributed by atoms with E-state index in [-0.39, 0.29) is 41.3 Å². The number of imidazole rings is 1. The number of ether oxygens (including phenoxy) is 1. The largest absolute Gasteiger partial charge is 0.387 e. The molecule has 5 N–H and O–H groups in total. The van der Waals surface area contributed by atoms with Crippen LogP contribution in [0.2, 0.25) is 5.02 Å².